The van der Waals surface area contributed by atoms with E-state index in [2.05, 4.69) is 4.99 Å². The van der Waals surface area contributed by atoms with Gasteiger partial charge in [-0.05, 0) is 32.9 Å². The number of nitrogens with two attached hydrogens (primary N) is 1. The van der Waals surface area contributed by atoms with E-state index in [0.29, 0.717) is 23.8 Å². The zero-order valence-corrected chi connectivity index (χ0v) is 11.8. The highest BCUT2D eigenvalue weighted by Gasteiger charge is 2.44. The molecule has 1 unspecified atom stereocenters. The third-order valence-corrected chi connectivity index (χ3v) is 3.58. The lowest BCUT2D eigenvalue weighted by atomic mass is 9.88. The van der Waals surface area contributed by atoms with Crippen LogP contribution in [-0.4, -0.2) is 30.6 Å². The first-order valence-electron chi connectivity index (χ1n) is 6.34. The lowest BCUT2D eigenvalue weighted by Gasteiger charge is -2.40. The molecule has 0 spiro atoms. The van der Waals surface area contributed by atoms with E-state index in [1.165, 1.54) is 6.07 Å². The monoisotopic (exact) mass is 265 g/mol. The van der Waals surface area contributed by atoms with Gasteiger partial charge in [0.1, 0.15) is 11.6 Å². The summed E-state index contributed by atoms with van der Waals surface area (Å²) in [6, 6.07) is 4.97. The SMILES string of the molecule is COc1cccc(F)c1C1(C)CN=C(N)N1C(C)C. The molecular formula is C14H20FN3O. The molecule has 2 rings (SSSR count). The van der Waals surface area contributed by atoms with Gasteiger partial charge < -0.3 is 15.4 Å². The van der Waals surface area contributed by atoms with Crippen LogP contribution in [0.2, 0.25) is 0 Å². The Hall–Kier alpha value is -1.78. The van der Waals surface area contributed by atoms with E-state index in [1.807, 2.05) is 25.7 Å². The molecule has 1 aliphatic rings. The molecule has 1 aliphatic heterocycles. The van der Waals surface area contributed by atoms with Gasteiger partial charge in [-0.1, -0.05) is 6.07 Å². The van der Waals surface area contributed by atoms with Gasteiger partial charge in [0.15, 0.2) is 5.96 Å². The second kappa shape index (κ2) is 4.72. The average Bonchev–Trinajstić information content (AvgIpc) is 2.65. The minimum atomic E-state index is -0.616. The summed E-state index contributed by atoms with van der Waals surface area (Å²) in [5.74, 6) is 0.679. The van der Waals surface area contributed by atoms with Crippen LogP contribution in [0.5, 0.6) is 5.75 Å². The van der Waals surface area contributed by atoms with Crippen molar-refractivity contribution in [2.24, 2.45) is 10.7 Å². The van der Waals surface area contributed by atoms with Crippen molar-refractivity contribution in [2.45, 2.75) is 32.4 Å². The first kappa shape index (κ1) is 13.6. The third-order valence-electron chi connectivity index (χ3n) is 3.58. The number of nitrogens with zero attached hydrogens (tertiary/aromatic N) is 2. The summed E-state index contributed by atoms with van der Waals surface area (Å²) >= 11 is 0. The van der Waals surface area contributed by atoms with Crippen LogP contribution in [0, 0.1) is 5.82 Å². The highest BCUT2D eigenvalue weighted by atomic mass is 19.1. The molecule has 0 aliphatic carbocycles. The minimum absolute atomic E-state index is 0.126. The summed E-state index contributed by atoms with van der Waals surface area (Å²) in [4.78, 5) is 6.22. The fraction of sp³-hybridized carbons (Fsp3) is 0.500. The van der Waals surface area contributed by atoms with Crippen LogP contribution in [0.1, 0.15) is 26.3 Å². The lowest BCUT2D eigenvalue weighted by Crippen LogP contribution is -2.51. The molecule has 5 heteroatoms. The van der Waals surface area contributed by atoms with Crippen molar-refractivity contribution < 1.29 is 9.13 Å². The van der Waals surface area contributed by atoms with Crippen molar-refractivity contribution in [3.63, 3.8) is 0 Å². The first-order chi connectivity index (χ1) is 8.91. The van der Waals surface area contributed by atoms with Crippen LogP contribution >= 0.6 is 0 Å². The fourth-order valence-corrected chi connectivity index (χ4v) is 2.87. The maximum absolute atomic E-state index is 14.3. The van der Waals surface area contributed by atoms with E-state index < -0.39 is 5.54 Å². The van der Waals surface area contributed by atoms with Crippen LogP contribution in [0.15, 0.2) is 23.2 Å². The van der Waals surface area contributed by atoms with Gasteiger partial charge in [-0.15, -0.1) is 0 Å². The Morgan fingerprint density at radius 2 is 2.16 bits per heavy atom. The molecule has 0 radical (unpaired) electrons. The molecule has 19 heavy (non-hydrogen) atoms. The van der Waals surface area contributed by atoms with Crippen LogP contribution < -0.4 is 10.5 Å². The number of aliphatic imine (C=N–C) groups is 1. The summed E-state index contributed by atoms with van der Waals surface area (Å²) in [7, 11) is 1.54. The number of hydrogen-bond acceptors (Lipinski definition) is 4. The summed E-state index contributed by atoms with van der Waals surface area (Å²) in [5, 5.41) is 0. The molecule has 1 aromatic carbocycles. The zero-order valence-electron chi connectivity index (χ0n) is 11.8. The van der Waals surface area contributed by atoms with E-state index in [0.717, 1.165) is 0 Å². The smallest absolute Gasteiger partial charge is 0.192 e. The summed E-state index contributed by atoms with van der Waals surface area (Å²) < 4.78 is 19.6. The molecule has 1 atom stereocenters. The maximum Gasteiger partial charge on any atom is 0.192 e. The molecule has 0 bridgehead atoms. The molecule has 1 aromatic rings. The third kappa shape index (κ3) is 2.03. The molecular weight excluding hydrogens is 245 g/mol. The van der Waals surface area contributed by atoms with Gasteiger partial charge in [0, 0.05) is 6.04 Å². The number of hydrogen-bond donors (Lipinski definition) is 1. The second-order valence-electron chi connectivity index (χ2n) is 5.23. The Morgan fingerprint density at radius 3 is 2.74 bits per heavy atom. The fourth-order valence-electron chi connectivity index (χ4n) is 2.87. The molecule has 2 N–H and O–H groups in total. The van der Waals surface area contributed by atoms with Crippen LogP contribution in [0.4, 0.5) is 4.39 Å². The summed E-state index contributed by atoms with van der Waals surface area (Å²) in [5.41, 5.74) is 5.84. The highest BCUT2D eigenvalue weighted by Crippen LogP contribution is 2.40. The molecule has 4 nitrogen and oxygen atoms in total. The Kier molecular flexibility index (Phi) is 3.39. The molecule has 0 saturated heterocycles. The molecule has 0 saturated carbocycles. The standard InChI is InChI=1S/C14H20FN3O/c1-9(2)18-13(16)17-8-14(18,3)12-10(15)6-5-7-11(12)19-4/h5-7,9H,8H2,1-4H3,(H2,16,17). The van der Waals surface area contributed by atoms with Crippen molar-refractivity contribution in [3.05, 3.63) is 29.6 Å². The lowest BCUT2D eigenvalue weighted by molar-refractivity contribution is 0.174. The largest absolute Gasteiger partial charge is 0.496 e. The Labute approximate surface area is 113 Å². The van der Waals surface area contributed by atoms with Gasteiger partial charge in [-0.25, -0.2) is 4.39 Å². The normalized spacial score (nSPS) is 22.8. The van der Waals surface area contributed by atoms with Crippen molar-refractivity contribution in [1.82, 2.24) is 4.90 Å². The van der Waals surface area contributed by atoms with Gasteiger partial charge in [-0.2, -0.15) is 0 Å². The topological polar surface area (TPSA) is 50.9 Å². The summed E-state index contributed by atoms with van der Waals surface area (Å²) in [6.07, 6.45) is 0. The van der Waals surface area contributed by atoms with E-state index >= 15 is 0 Å². The predicted molar refractivity (Wildman–Crippen MR) is 73.8 cm³/mol. The van der Waals surface area contributed by atoms with E-state index in [4.69, 9.17) is 10.5 Å². The van der Waals surface area contributed by atoms with Gasteiger partial charge in [-0.3, -0.25) is 4.99 Å². The van der Waals surface area contributed by atoms with Gasteiger partial charge >= 0.3 is 0 Å². The number of halogens is 1. The predicted octanol–water partition coefficient (Wildman–Crippen LogP) is 2.09. The van der Waals surface area contributed by atoms with E-state index in [-0.39, 0.29) is 11.9 Å². The molecule has 0 aromatic heterocycles. The minimum Gasteiger partial charge on any atom is -0.496 e. The first-order valence-corrected chi connectivity index (χ1v) is 6.34. The number of benzene rings is 1. The van der Waals surface area contributed by atoms with E-state index in [1.54, 1.807) is 19.2 Å². The Morgan fingerprint density at radius 1 is 1.47 bits per heavy atom. The zero-order chi connectivity index (χ0) is 14.2. The second-order valence-corrected chi connectivity index (χ2v) is 5.23. The van der Waals surface area contributed by atoms with Gasteiger partial charge in [0.25, 0.3) is 0 Å². The van der Waals surface area contributed by atoms with E-state index in [9.17, 15) is 4.39 Å². The Balaban J connectivity index is 2.58. The van der Waals surface area contributed by atoms with Crippen molar-refractivity contribution in [2.75, 3.05) is 13.7 Å². The van der Waals surface area contributed by atoms with Gasteiger partial charge in [0.2, 0.25) is 0 Å². The van der Waals surface area contributed by atoms with Crippen LogP contribution in [-0.2, 0) is 5.54 Å². The number of guanidine groups is 1. The van der Waals surface area contributed by atoms with Crippen molar-refractivity contribution in [3.8, 4) is 5.75 Å². The molecule has 0 amide bonds. The number of methoxy groups -OCH3 is 1. The highest BCUT2D eigenvalue weighted by molar-refractivity contribution is 5.81. The van der Waals surface area contributed by atoms with Crippen molar-refractivity contribution >= 4 is 5.96 Å². The maximum atomic E-state index is 14.3. The van der Waals surface area contributed by atoms with Crippen LogP contribution in [0.3, 0.4) is 0 Å². The Bertz CT molecular complexity index is 515. The number of rotatable bonds is 3. The quantitative estimate of drug-likeness (QED) is 0.910. The molecule has 0 fully saturated rings. The number of ether oxygens (including phenoxy) is 1. The van der Waals surface area contributed by atoms with Gasteiger partial charge in [0.05, 0.1) is 24.8 Å². The summed E-state index contributed by atoms with van der Waals surface area (Å²) in [6.45, 7) is 6.39. The molecule has 1 heterocycles. The van der Waals surface area contributed by atoms with Crippen LogP contribution in [0.25, 0.3) is 0 Å². The average molecular weight is 265 g/mol. The van der Waals surface area contributed by atoms with Crippen molar-refractivity contribution in [1.29, 1.82) is 0 Å². The molecule has 104 valence electrons.